The van der Waals surface area contributed by atoms with E-state index in [-0.39, 0.29) is 24.1 Å². The molecule has 3 N–H and O–H groups in total. The zero-order valence-corrected chi connectivity index (χ0v) is 10.9. The van der Waals surface area contributed by atoms with Gasteiger partial charge in [-0.1, -0.05) is 23.4 Å². The SMILES string of the molecule is Cc1ccnc(OCc2ccccc2F)c1/C(N)=N/O. The number of hydrogen-bond acceptors (Lipinski definition) is 4. The number of nitrogens with two attached hydrogens (primary N) is 1. The molecule has 0 saturated heterocycles. The van der Waals surface area contributed by atoms with Gasteiger partial charge in [0.05, 0.1) is 5.56 Å². The first kappa shape index (κ1) is 13.8. The number of aryl methyl sites for hydroxylation is 1. The van der Waals surface area contributed by atoms with Crippen molar-refractivity contribution in [3.63, 3.8) is 0 Å². The summed E-state index contributed by atoms with van der Waals surface area (Å²) in [4.78, 5) is 4.04. The van der Waals surface area contributed by atoms with Crippen LogP contribution >= 0.6 is 0 Å². The molecule has 6 heteroatoms. The molecule has 0 aliphatic heterocycles. The van der Waals surface area contributed by atoms with Gasteiger partial charge in [0.1, 0.15) is 12.4 Å². The highest BCUT2D eigenvalue weighted by Gasteiger charge is 2.13. The van der Waals surface area contributed by atoms with Gasteiger partial charge >= 0.3 is 0 Å². The molecular formula is C14H14FN3O2. The van der Waals surface area contributed by atoms with Gasteiger partial charge in [-0.3, -0.25) is 0 Å². The van der Waals surface area contributed by atoms with Crippen molar-refractivity contribution in [1.29, 1.82) is 0 Å². The van der Waals surface area contributed by atoms with Crippen LogP contribution in [0.5, 0.6) is 5.88 Å². The van der Waals surface area contributed by atoms with Crippen LogP contribution in [0.2, 0.25) is 0 Å². The molecule has 2 aromatic rings. The second-order valence-electron chi connectivity index (χ2n) is 4.17. The summed E-state index contributed by atoms with van der Waals surface area (Å²) in [7, 11) is 0. The van der Waals surface area contributed by atoms with Crippen LogP contribution in [0.15, 0.2) is 41.7 Å². The van der Waals surface area contributed by atoms with Gasteiger partial charge in [0.25, 0.3) is 0 Å². The highest BCUT2D eigenvalue weighted by atomic mass is 19.1. The van der Waals surface area contributed by atoms with E-state index in [0.717, 1.165) is 5.56 Å². The van der Waals surface area contributed by atoms with Gasteiger partial charge in [-0.2, -0.15) is 0 Å². The molecule has 0 bridgehead atoms. The van der Waals surface area contributed by atoms with E-state index in [0.29, 0.717) is 11.1 Å². The molecule has 0 amide bonds. The molecule has 1 aromatic carbocycles. The van der Waals surface area contributed by atoms with Gasteiger partial charge in [-0.25, -0.2) is 9.37 Å². The summed E-state index contributed by atoms with van der Waals surface area (Å²) in [6.45, 7) is 1.79. The summed E-state index contributed by atoms with van der Waals surface area (Å²) in [5, 5.41) is 11.7. The van der Waals surface area contributed by atoms with Gasteiger partial charge in [-0.15, -0.1) is 0 Å². The lowest BCUT2D eigenvalue weighted by molar-refractivity contribution is 0.286. The van der Waals surface area contributed by atoms with Crippen LogP contribution in [0.3, 0.4) is 0 Å². The van der Waals surface area contributed by atoms with Crippen LogP contribution < -0.4 is 10.5 Å². The molecule has 0 atom stereocenters. The number of oxime groups is 1. The molecule has 1 heterocycles. The van der Waals surface area contributed by atoms with Crippen molar-refractivity contribution in [3.05, 3.63) is 59.0 Å². The Kier molecular flexibility index (Phi) is 4.14. The number of rotatable bonds is 4. The maximum Gasteiger partial charge on any atom is 0.225 e. The highest BCUT2D eigenvalue weighted by Crippen LogP contribution is 2.20. The maximum absolute atomic E-state index is 13.5. The predicted molar refractivity (Wildman–Crippen MR) is 72.2 cm³/mol. The van der Waals surface area contributed by atoms with E-state index in [4.69, 9.17) is 15.7 Å². The number of hydrogen-bond donors (Lipinski definition) is 2. The molecule has 0 aliphatic carbocycles. The van der Waals surface area contributed by atoms with Gasteiger partial charge in [0.2, 0.25) is 5.88 Å². The van der Waals surface area contributed by atoms with E-state index in [1.54, 1.807) is 37.4 Å². The van der Waals surface area contributed by atoms with E-state index in [1.807, 2.05) is 0 Å². The molecule has 0 spiro atoms. The van der Waals surface area contributed by atoms with E-state index in [9.17, 15) is 4.39 Å². The van der Waals surface area contributed by atoms with Crippen molar-refractivity contribution in [2.75, 3.05) is 0 Å². The number of pyridine rings is 1. The number of nitrogens with zero attached hydrogens (tertiary/aromatic N) is 2. The third-order valence-electron chi connectivity index (χ3n) is 2.81. The third kappa shape index (κ3) is 2.85. The average Bonchev–Trinajstić information content (AvgIpc) is 2.46. The Morgan fingerprint density at radius 1 is 1.40 bits per heavy atom. The first-order valence-electron chi connectivity index (χ1n) is 5.93. The Bertz CT molecular complexity index is 644. The Morgan fingerprint density at radius 3 is 2.85 bits per heavy atom. The van der Waals surface area contributed by atoms with E-state index < -0.39 is 0 Å². The standard InChI is InChI=1S/C14H14FN3O2/c1-9-6-7-17-14(12(9)13(16)18-19)20-8-10-4-2-3-5-11(10)15/h2-7,19H,8H2,1H3,(H2,16,18). The van der Waals surface area contributed by atoms with Crippen molar-refractivity contribution in [1.82, 2.24) is 4.98 Å². The van der Waals surface area contributed by atoms with Crippen molar-refractivity contribution >= 4 is 5.84 Å². The van der Waals surface area contributed by atoms with Crippen molar-refractivity contribution in [2.45, 2.75) is 13.5 Å². The molecule has 5 nitrogen and oxygen atoms in total. The second-order valence-corrected chi connectivity index (χ2v) is 4.17. The fraction of sp³-hybridized carbons (Fsp3) is 0.143. The Balaban J connectivity index is 2.27. The summed E-state index contributed by atoms with van der Waals surface area (Å²) < 4.78 is 19.0. The predicted octanol–water partition coefficient (Wildman–Crippen LogP) is 2.20. The van der Waals surface area contributed by atoms with Gasteiger partial charge in [-0.05, 0) is 24.6 Å². The van der Waals surface area contributed by atoms with Crippen LogP contribution in [-0.4, -0.2) is 16.0 Å². The van der Waals surface area contributed by atoms with Crippen LogP contribution in [0, 0.1) is 12.7 Å². The lowest BCUT2D eigenvalue weighted by atomic mass is 10.1. The quantitative estimate of drug-likeness (QED) is 0.388. The minimum Gasteiger partial charge on any atom is -0.472 e. The number of benzene rings is 1. The van der Waals surface area contributed by atoms with Gasteiger partial charge < -0.3 is 15.7 Å². The fourth-order valence-electron chi connectivity index (χ4n) is 1.77. The van der Waals surface area contributed by atoms with Crippen LogP contribution in [0.25, 0.3) is 0 Å². The van der Waals surface area contributed by atoms with E-state index >= 15 is 0 Å². The fourth-order valence-corrected chi connectivity index (χ4v) is 1.77. The van der Waals surface area contributed by atoms with Crippen LogP contribution in [0.1, 0.15) is 16.7 Å². The minimum absolute atomic E-state index is 0.00877. The third-order valence-corrected chi connectivity index (χ3v) is 2.81. The van der Waals surface area contributed by atoms with Gasteiger partial charge in [0, 0.05) is 11.8 Å². The van der Waals surface area contributed by atoms with Gasteiger partial charge in [0.15, 0.2) is 5.84 Å². The minimum atomic E-state index is -0.356. The Labute approximate surface area is 115 Å². The van der Waals surface area contributed by atoms with Crippen LogP contribution in [0.4, 0.5) is 4.39 Å². The topological polar surface area (TPSA) is 80.7 Å². The molecule has 1 aromatic heterocycles. The average molecular weight is 275 g/mol. The summed E-state index contributed by atoms with van der Waals surface area (Å²) in [6.07, 6.45) is 1.54. The molecule has 0 radical (unpaired) electrons. The number of amidine groups is 1. The molecule has 2 rings (SSSR count). The Morgan fingerprint density at radius 2 is 2.15 bits per heavy atom. The molecule has 0 saturated carbocycles. The first-order valence-corrected chi connectivity index (χ1v) is 5.93. The number of ether oxygens (including phenoxy) is 1. The zero-order chi connectivity index (χ0) is 14.5. The summed E-state index contributed by atoms with van der Waals surface area (Å²) in [5.74, 6) is -0.256. The van der Waals surface area contributed by atoms with Crippen molar-refractivity contribution in [3.8, 4) is 5.88 Å². The molecule has 104 valence electrons. The molecule has 0 fully saturated rings. The summed E-state index contributed by atoms with van der Waals surface area (Å²) >= 11 is 0. The lowest BCUT2D eigenvalue weighted by Gasteiger charge is -2.11. The molecule has 20 heavy (non-hydrogen) atoms. The van der Waals surface area contributed by atoms with Crippen molar-refractivity contribution < 1.29 is 14.3 Å². The molecule has 0 aliphatic rings. The first-order chi connectivity index (χ1) is 9.63. The molecule has 0 unspecified atom stereocenters. The second kappa shape index (κ2) is 6.01. The largest absolute Gasteiger partial charge is 0.472 e. The normalized spacial score (nSPS) is 11.4. The highest BCUT2D eigenvalue weighted by molar-refractivity contribution is 6.00. The maximum atomic E-state index is 13.5. The van der Waals surface area contributed by atoms with E-state index in [2.05, 4.69) is 10.1 Å². The van der Waals surface area contributed by atoms with Crippen molar-refractivity contribution in [2.24, 2.45) is 10.9 Å². The lowest BCUT2D eigenvalue weighted by Crippen LogP contribution is -2.17. The van der Waals surface area contributed by atoms with E-state index in [1.165, 1.54) is 6.07 Å². The zero-order valence-electron chi connectivity index (χ0n) is 10.9. The van der Waals surface area contributed by atoms with Crippen LogP contribution in [-0.2, 0) is 6.61 Å². The molecular weight excluding hydrogens is 261 g/mol. The smallest absolute Gasteiger partial charge is 0.225 e. The Hall–Kier alpha value is -2.63. The number of halogens is 1. The number of aromatic nitrogens is 1. The summed E-state index contributed by atoms with van der Waals surface area (Å²) in [6, 6.07) is 8.01. The monoisotopic (exact) mass is 275 g/mol. The summed E-state index contributed by atoms with van der Waals surface area (Å²) in [5.41, 5.74) is 7.15.